The van der Waals surface area contributed by atoms with Crippen LogP contribution in [0.2, 0.25) is 0 Å². The SMILES string of the molecule is CC(C)(C)c1ccc(NC(=S)N=Nc2c(O)[nH]c3ccccc23)cc1. The second-order valence-electron chi connectivity index (χ2n) is 6.83. The van der Waals surface area contributed by atoms with Crippen LogP contribution in [0.4, 0.5) is 11.4 Å². The third-order valence-electron chi connectivity index (χ3n) is 3.90. The van der Waals surface area contributed by atoms with E-state index in [2.05, 4.69) is 53.4 Å². The van der Waals surface area contributed by atoms with E-state index in [4.69, 9.17) is 12.2 Å². The van der Waals surface area contributed by atoms with Gasteiger partial charge in [0, 0.05) is 11.1 Å². The number of hydrogen-bond acceptors (Lipinski definition) is 3. The number of azo groups is 1. The van der Waals surface area contributed by atoms with Crippen molar-refractivity contribution in [2.45, 2.75) is 26.2 Å². The molecule has 1 heterocycles. The third kappa shape index (κ3) is 3.85. The Balaban J connectivity index is 1.74. The molecule has 0 saturated heterocycles. The number of rotatable bonds is 2. The van der Waals surface area contributed by atoms with Gasteiger partial charge >= 0.3 is 0 Å². The van der Waals surface area contributed by atoms with Crippen LogP contribution >= 0.6 is 12.2 Å². The fourth-order valence-corrected chi connectivity index (χ4v) is 2.67. The molecule has 0 radical (unpaired) electrons. The van der Waals surface area contributed by atoms with Crippen molar-refractivity contribution >= 4 is 39.6 Å². The van der Waals surface area contributed by atoms with E-state index in [1.807, 2.05) is 36.4 Å². The fraction of sp³-hybridized carbons (Fsp3) is 0.211. The van der Waals surface area contributed by atoms with Gasteiger partial charge in [-0.2, -0.15) is 0 Å². The summed E-state index contributed by atoms with van der Waals surface area (Å²) in [4.78, 5) is 2.86. The Morgan fingerprint density at radius 2 is 1.76 bits per heavy atom. The molecule has 0 spiro atoms. The van der Waals surface area contributed by atoms with Crippen molar-refractivity contribution in [1.29, 1.82) is 0 Å². The van der Waals surface area contributed by atoms with E-state index in [9.17, 15) is 5.11 Å². The highest BCUT2D eigenvalue weighted by Crippen LogP contribution is 2.35. The molecular formula is C19H20N4OS. The molecule has 0 amide bonds. The average molecular weight is 352 g/mol. The Morgan fingerprint density at radius 1 is 1.08 bits per heavy atom. The summed E-state index contributed by atoms with van der Waals surface area (Å²) < 4.78 is 0. The third-order valence-corrected chi connectivity index (χ3v) is 4.09. The minimum absolute atomic E-state index is 0.0257. The quantitative estimate of drug-likeness (QED) is 0.412. The second kappa shape index (κ2) is 6.64. The number of anilines is 1. The van der Waals surface area contributed by atoms with Crippen LogP contribution in [-0.4, -0.2) is 15.2 Å². The normalized spacial score (nSPS) is 12.0. The largest absolute Gasteiger partial charge is 0.493 e. The molecule has 2 aromatic carbocycles. The zero-order chi connectivity index (χ0) is 18.0. The Labute approximate surface area is 151 Å². The molecule has 25 heavy (non-hydrogen) atoms. The molecule has 0 unspecified atom stereocenters. The number of hydrogen-bond donors (Lipinski definition) is 3. The lowest BCUT2D eigenvalue weighted by molar-refractivity contribution is 0.459. The monoisotopic (exact) mass is 352 g/mol. The van der Waals surface area contributed by atoms with Gasteiger partial charge in [0.15, 0.2) is 5.69 Å². The number of fused-ring (bicyclic) bond motifs is 1. The molecule has 0 atom stereocenters. The molecule has 0 fully saturated rings. The van der Waals surface area contributed by atoms with Gasteiger partial charge in [-0.1, -0.05) is 51.1 Å². The Hall–Kier alpha value is -2.73. The molecule has 0 saturated carbocycles. The van der Waals surface area contributed by atoms with E-state index in [0.717, 1.165) is 16.6 Å². The standard InChI is InChI=1S/C19H20N4OS/c1-19(2,3)12-8-10-13(11-9-12)20-18(25)23-22-16-14-6-4-5-7-15(14)21-17(16)24/h4-11,21,24H,1-3H3,(H,20,25). The number of para-hydroxylation sites is 1. The molecule has 1 aromatic heterocycles. The number of aromatic amines is 1. The van der Waals surface area contributed by atoms with E-state index in [0.29, 0.717) is 5.69 Å². The van der Waals surface area contributed by atoms with Gasteiger partial charge in [0.1, 0.15) is 0 Å². The molecule has 0 aliphatic heterocycles. The van der Waals surface area contributed by atoms with Crippen LogP contribution in [0.25, 0.3) is 10.9 Å². The number of H-pyrrole nitrogens is 1. The van der Waals surface area contributed by atoms with E-state index in [1.54, 1.807) is 0 Å². The highest BCUT2D eigenvalue weighted by Gasteiger charge is 2.13. The van der Waals surface area contributed by atoms with Crippen LogP contribution in [0.1, 0.15) is 26.3 Å². The summed E-state index contributed by atoms with van der Waals surface area (Å²) >= 11 is 5.22. The molecular weight excluding hydrogens is 332 g/mol. The van der Waals surface area contributed by atoms with Crippen molar-refractivity contribution in [1.82, 2.24) is 4.98 Å². The van der Waals surface area contributed by atoms with Crippen LogP contribution in [0.5, 0.6) is 5.88 Å². The van der Waals surface area contributed by atoms with Gasteiger partial charge in [0.2, 0.25) is 11.0 Å². The maximum Gasteiger partial charge on any atom is 0.218 e. The molecule has 128 valence electrons. The maximum absolute atomic E-state index is 9.97. The lowest BCUT2D eigenvalue weighted by Crippen LogP contribution is -2.11. The number of benzene rings is 2. The Bertz CT molecular complexity index is 936. The van der Waals surface area contributed by atoms with Gasteiger partial charge < -0.3 is 15.4 Å². The fourth-order valence-electron chi connectivity index (χ4n) is 2.51. The summed E-state index contributed by atoms with van der Waals surface area (Å²) in [5.41, 5.74) is 3.37. The van der Waals surface area contributed by atoms with E-state index in [1.165, 1.54) is 5.56 Å². The average Bonchev–Trinajstić information content (AvgIpc) is 2.88. The Kier molecular flexibility index (Phi) is 4.55. The molecule has 0 bridgehead atoms. The number of nitrogens with one attached hydrogen (secondary N) is 2. The highest BCUT2D eigenvalue weighted by molar-refractivity contribution is 7.80. The van der Waals surface area contributed by atoms with E-state index >= 15 is 0 Å². The molecule has 3 aromatic rings. The first kappa shape index (κ1) is 17.1. The van der Waals surface area contributed by atoms with Gasteiger partial charge in [-0.25, -0.2) is 0 Å². The molecule has 6 heteroatoms. The first-order valence-corrected chi connectivity index (χ1v) is 8.38. The van der Waals surface area contributed by atoms with Crippen molar-refractivity contribution in [3.05, 3.63) is 54.1 Å². The molecule has 5 nitrogen and oxygen atoms in total. The van der Waals surface area contributed by atoms with Crippen LogP contribution < -0.4 is 5.32 Å². The summed E-state index contributed by atoms with van der Waals surface area (Å²) in [6.07, 6.45) is 0. The van der Waals surface area contributed by atoms with E-state index in [-0.39, 0.29) is 16.4 Å². The summed E-state index contributed by atoms with van der Waals surface area (Å²) in [5.74, 6) is -0.0257. The summed E-state index contributed by atoms with van der Waals surface area (Å²) in [6, 6.07) is 15.5. The number of aromatic hydroxyl groups is 1. The topological polar surface area (TPSA) is 72.8 Å². The predicted molar refractivity (Wildman–Crippen MR) is 106 cm³/mol. The van der Waals surface area contributed by atoms with Crippen LogP contribution in [0.3, 0.4) is 0 Å². The van der Waals surface area contributed by atoms with Crippen molar-refractivity contribution < 1.29 is 5.11 Å². The van der Waals surface area contributed by atoms with Crippen molar-refractivity contribution in [3.63, 3.8) is 0 Å². The molecule has 3 N–H and O–H groups in total. The van der Waals surface area contributed by atoms with Crippen LogP contribution in [0.15, 0.2) is 58.8 Å². The second-order valence-corrected chi connectivity index (χ2v) is 7.21. The number of aromatic nitrogens is 1. The van der Waals surface area contributed by atoms with Crippen LogP contribution in [-0.2, 0) is 5.41 Å². The van der Waals surface area contributed by atoms with Crippen LogP contribution in [0, 0.1) is 0 Å². The highest BCUT2D eigenvalue weighted by atomic mass is 32.1. The van der Waals surface area contributed by atoms with Gasteiger partial charge in [0.05, 0.1) is 5.52 Å². The number of thiocarbonyl (C=S) groups is 1. The van der Waals surface area contributed by atoms with Gasteiger partial charge in [-0.05, 0) is 41.4 Å². The number of nitrogens with zero attached hydrogens (tertiary/aromatic N) is 2. The van der Waals surface area contributed by atoms with Gasteiger partial charge in [-0.3, -0.25) is 0 Å². The first-order chi connectivity index (χ1) is 11.8. The van der Waals surface area contributed by atoms with Crippen molar-refractivity contribution in [2.75, 3.05) is 5.32 Å². The zero-order valence-corrected chi connectivity index (χ0v) is 15.2. The predicted octanol–water partition coefficient (Wildman–Crippen LogP) is 5.65. The minimum atomic E-state index is -0.0257. The molecule has 0 aliphatic carbocycles. The summed E-state index contributed by atoms with van der Waals surface area (Å²) in [5, 5.41) is 22.1. The van der Waals surface area contributed by atoms with Gasteiger partial charge in [0.25, 0.3) is 0 Å². The van der Waals surface area contributed by atoms with Gasteiger partial charge in [-0.15, -0.1) is 10.2 Å². The smallest absolute Gasteiger partial charge is 0.218 e. The summed E-state index contributed by atoms with van der Waals surface area (Å²) in [6.45, 7) is 6.51. The molecule has 0 aliphatic rings. The van der Waals surface area contributed by atoms with E-state index < -0.39 is 0 Å². The van der Waals surface area contributed by atoms with Crippen molar-refractivity contribution in [2.24, 2.45) is 10.2 Å². The van der Waals surface area contributed by atoms with Crippen molar-refractivity contribution in [3.8, 4) is 5.88 Å². The summed E-state index contributed by atoms with van der Waals surface area (Å²) in [7, 11) is 0. The zero-order valence-electron chi connectivity index (χ0n) is 14.4. The lowest BCUT2D eigenvalue weighted by Gasteiger charge is -2.19. The molecule has 3 rings (SSSR count). The minimum Gasteiger partial charge on any atom is -0.493 e. The maximum atomic E-state index is 9.97. The Morgan fingerprint density at radius 3 is 2.44 bits per heavy atom. The lowest BCUT2D eigenvalue weighted by atomic mass is 9.87. The first-order valence-electron chi connectivity index (χ1n) is 7.97.